The van der Waals surface area contributed by atoms with Gasteiger partial charge in [-0.1, -0.05) is 18.2 Å². The standard InChI is InChI=1S/C17H15ClN2O/c1-11-9-14(16(21)10-18)12(2)20(11)17-8-7-13-5-3-4-6-15(13)19-17/h3-9H,10H2,1-2H3. The molecular formula is C17H15ClN2O. The van der Waals surface area contributed by atoms with Crippen molar-refractivity contribution in [1.29, 1.82) is 0 Å². The second-order valence-electron chi connectivity index (χ2n) is 5.04. The second kappa shape index (κ2) is 5.34. The largest absolute Gasteiger partial charge is 0.302 e. The van der Waals surface area contributed by atoms with E-state index in [-0.39, 0.29) is 11.7 Å². The van der Waals surface area contributed by atoms with Crippen molar-refractivity contribution in [2.24, 2.45) is 0 Å². The van der Waals surface area contributed by atoms with Crippen molar-refractivity contribution in [1.82, 2.24) is 9.55 Å². The summed E-state index contributed by atoms with van der Waals surface area (Å²) in [7, 11) is 0. The molecule has 1 aromatic carbocycles. The fourth-order valence-corrected chi connectivity index (χ4v) is 2.79. The number of fused-ring (bicyclic) bond motifs is 1. The second-order valence-corrected chi connectivity index (χ2v) is 5.31. The topological polar surface area (TPSA) is 34.9 Å². The molecule has 0 fully saturated rings. The van der Waals surface area contributed by atoms with E-state index >= 15 is 0 Å². The molecule has 2 heterocycles. The number of pyridine rings is 1. The molecule has 0 N–H and O–H groups in total. The number of Topliss-reactive ketones (excluding diaryl/α,β-unsaturated/α-hetero) is 1. The van der Waals surface area contributed by atoms with E-state index in [1.807, 2.05) is 60.9 Å². The predicted molar refractivity (Wildman–Crippen MR) is 85.6 cm³/mol. The molecule has 0 spiro atoms. The summed E-state index contributed by atoms with van der Waals surface area (Å²) in [5, 5.41) is 1.10. The maximum Gasteiger partial charge on any atom is 0.179 e. The van der Waals surface area contributed by atoms with Crippen LogP contribution in [0.4, 0.5) is 0 Å². The number of nitrogens with zero attached hydrogens (tertiary/aromatic N) is 2. The predicted octanol–water partition coefficient (Wildman–Crippen LogP) is 4.06. The third-order valence-electron chi connectivity index (χ3n) is 3.67. The Bertz CT molecular complexity index is 836. The lowest BCUT2D eigenvalue weighted by Crippen LogP contribution is -2.05. The van der Waals surface area contributed by atoms with Crippen molar-refractivity contribution in [3.8, 4) is 5.82 Å². The Morgan fingerprint density at radius 3 is 2.71 bits per heavy atom. The molecule has 3 aromatic rings. The summed E-state index contributed by atoms with van der Waals surface area (Å²) in [6.45, 7) is 3.89. The van der Waals surface area contributed by atoms with Gasteiger partial charge in [0.1, 0.15) is 5.82 Å². The molecule has 0 saturated heterocycles. The van der Waals surface area contributed by atoms with Gasteiger partial charge < -0.3 is 4.57 Å². The van der Waals surface area contributed by atoms with Gasteiger partial charge in [-0.15, -0.1) is 11.6 Å². The van der Waals surface area contributed by atoms with Crippen molar-refractivity contribution >= 4 is 28.3 Å². The van der Waals surface area contributed by atoms with E-state index in [0.717, 1.165) is 28.1 Å². The highest BCUT2D eigenvalue weighted by molar-refractivity contribution is 6.30. The summed E-state index contributed by atoms with van der Waals surface area (Å²) in [6, 6.07) is 13.9. The minimum absolute atomic E-state index is 0.00452. The van der Waals surface area contributed by atoms with E-state index in [2.05, 4.69) is 4.98 Å². The molecule has 4 heteroatoms. The molecule has 3 rings (SSSR count). The van der Waals surface area contributed by atoms with Gasteiger partial charge >= 0.3 is 0 Å². The van der Waals surface area contributed by atoms with Gasteiger partial charge in [-0.05, 0) is 38.1 Å². The number of hydrogen-bond donors (Lipinski definition) is 0. The van der Waals surface area contributed by atoms with Crippen molar-refractivity contribution in [3.63, 3.8) is 0 Å². The molecule has 0 radical (unpaired) electrons. The number of aromatic nitrogens is 2. The molecule has 0 aliphatic heterocycles. The third-order valence-corrected chi connectivity index (χ3v) is 3.91. The van der Waals surface area contributed by atoms with E-state index in [0.29, 0.717) is 5.56 Å². The van der Waals surface area contributed by atoms with Gasteiger partial charge in [-0.25, -0.2) is 4.98 Å². The molecule has 2 aromatic heterocycles. The third kappa shape index (κ3) is 2.34. The van der Waals surface area contributed by atoms with Crippen LogP contribution in [0.25, 0.3) is 16.7 Å². The molecule has 0 unspecified atom stereocenters. The van der Waals surface area contributed by atoms with Crippen LogP contribution in [0.3, 0.4) is 0 Å². The summed E-state index contributed by atoms with van der Waals surface area (Å²) >= 11 is 5.67. The fraction of sp³-hybridized carbons (Fsp3) is 0.176. The van der Waals surface area contributed by atoms with Crippen molar-refractivity contribution in [3.05, 3.63) is 59.4 Å². The van der Waals surface area contributed by atoms with E-state index < -0.39 is 0 Å². The summed E-state index contributed by atoms with van der Waals surface area (Å²) in [5.74, 6) is 0.754. The van der Waals surface area contributed by atoms with Crippen LogP contribution < -0.4 is 0 Å². The number of rotatable bonds is 3. The summed E-state index contributed by atoms with van der Waals surface area (Å²) < 4.78 is 1.99. The number of carbonyl (C=O) groups excluding carboxylic acids is 1. The Labute approximate surface area is 128 Å². The van der Waals surface area contributed by atoms with Gasteiger partial charge in [0, 0.05) is 22.3 Å². The van der Waals surface area contributed by atoms with Crippen molar-refractivity contribution < 1.29 is 4.79 Å². The van der Waals surface area contributed by atoms with E-state index in [1.54, 1.807) is 0 Å². The highest BCUT2D eigenvalue weighted by Gasteiger charge is 2.16. The van der Waals surface area contributed by atoms with Crippen LogP contribution in [0.2, 0.25) is 0 Å². The lowest BCUT2D eigenvalue weighted by Gasteiger charge is -2.09. The zero-order valence-corrected chi connectivity index (χ0v) is 12.7. The molecule has 0 atom stereocenters. The Hall–Kier alpha value is -2.13. The number of para-hydroxylation sites is 1. The first-order chi connectivity index (χ1) is 10.1. The van der Waals surface area contributed by atoms with Gasteiger partial charge in [-0.2, -0.15) is 0 Å². The Kier molecular flexibility index (Phi) is 3.52. The lowest BCUT2D eigenvalue weighted by atomic mass is 10.2. The monoisotopic (exact) mass is 298 g/mol. The van der Waals surface area contributed by atoms with Crippen molar-refractivity contribution in [2.45, 2.75) is 13.8 Å². The first-order valence-electron chi connectivity index (χ1n) is 6.76. The highest BCUT2D eigenvalue weighted by atomic mass is 35.5. The molecular weight excluding hydrogens is 284 g/mol. The minimum Gasteiger partial charge on any atom is -0.302 e. The molecule has 3 nitrogen and oxygen atoms in total. The van der Waals surface area contributed by atoms with Crippen LogP contribution in [-0.2, 0) is 0 Å². The Morgan fingerprint density at radius 2 is 1.95 bits per heavy atom. The Balaban J connectivity index is 2.18. The molecule has 106 valence electrons. The number of benzene rings is 1. The van der Waals surface area contributed by atoms with Gasteiger partial charge in [0.05, 0.1) is 11.4 Å². The normalized spacial score (nSPS) is 11.0. The fourth-order valence-electron chi connectivity index (χ4n) is 2.65. The zero-order chi connectivity index (χ0) is 15.0. The maximum absolute atomic E-state index is 11.9. The van der Waals surface area contributed by atoms with Crippen LogP contribution in [0.15, 0.2) is 42.5 Å². The van der Waals surface area contributed by atoms with Crippen LogP contribution in [0.5, 0.6) is 0 Å². The van der Waals surface area contributed by atoms with Crippen LogP contribution >= 0.6 is 11.6 Å². The van der Waals surface area contributed by atoms with Crippen LogP contribution in [0, 0.1) is 13.8 Å². The number of hydrogen-bond acceptors (Lipinski definition) is 2. The highest BCUT2D eigenvalue weighted by Crippen LogP contribution is 2.22. The molecule has 0 bridgehead atoms. The van der Waals surface area contributed by atoms with E-state index in [4.69, 9.17) is 11.6 Å². The molecule has 21 heavy (non-hydrogen) atoms. The zero-order valence-electron chi connectivity index (χ0n) is 11.9. The van der Waals surface area contributed by atoms with Gasteiger partial charge in [-0.3, -0.25) is 4.79 Å². The summed E-state index contributed by atoms with van der Waals surface area (Å²) in [5.41, 5.74) is 3.45. The molecule has 0 saturated carbocycles. The van der Waals surface area contributed by atoms with Crippen LogP contribution in [-0.4, -0.2) is 21.2 Å². The minimum atomic E-state index is -0.0585. The average Bonchev–Trinajstić information content (AvgIpc) is 2.81. The van der Waals surface area contributed by atoms with Crippen molar-refractivity contribution in [2.75, 3.05) is 5.88 Å². The first-order valence-corrected chi connectivity index (χ1v) is 7.29. The van der Waals surface area contributed by atoms with Gasteiger partial charge in [0.25, 0.3) is 0 Å². The first kappa shape index (κ1) is 13.8. The lowest BCUT2D eigenvalue weighted by molar-refractivity contribution is 0.102. The number of ketones is 1. The molecule has 0 aliphatic carbocycles. The SMILES string of the molecule is Cc1cc(C(=O)CCl)c(C)n1-c1ccc2ccccc2n1. The number of alkyl halides is 1. The van der Waals surface area contributed by atoms with E-state index in [1.165, 1.54) is 0 Å². The molecule has 0 amide bonds. The maximum atomic E-state index is 11.9. The molecule has 0 aliphatic rings. The average molecular weight is 299 g/mol. The number of carbonyl (C=O) groups is 1. The Morgan fingerprint density at radius 1 is 1.19 bits per heavy atom. The quantitative estimate of drug-likeness (QED) is 0.540. The summed E-state index contributed by atoms with van der Waals surface area (Å²) in [6.07, 6.45) is 0. The van der Waals surface area contributed by atoms with Gasteiger partial charge in [0.2, 0.25) is 0 Å². The van der Waals surface area contributed by atoms with Crippen LogP contribution in [0.1, 0.15) is 21.7 Å². The number of aryl methyl sites for hydroxylation is 1. The smallest absolute Gasteiger partial charge is 0.179 e. The summed E-state index contributed by atoms with van der Waals surface area (Å²) in [4.78, 5) is 16.6. The number of halogens is 1. The van der Waals surface area contributed by atoms with Gasteiger partial charge in [0.15, 0.2) is 5.78 Å². The van der Waals surface area contributed by atoms with E-state index in [9.17, 15) is 4.79 Å².